The zero-order valence-corrected chi connectivity index (χ0v) is 15.3. The summed E-state index contributed by atoms with van der Waals surface area (Å²) in [4.78, 5) is 14.9. The highest BCUT2D eigenvalue weighted by Crippen LogP contribution is 2.48. The van der Waals surface area contributed by atoms with E-state index in [9.17, 15) is 4.79 Å². The molecule has 2 aromatic heterocycles. The summed E-state index contributed by atoms with van der Waals surface area (Å²) in [5.74, 6) is 2.34. The molecule has 1 aromatic carbocycles. The van der Waals surface area contributed by atoms with Crippen molar-refractivity contribution in [1.29, 1.82) is 0 Å². The van der Waals surface area contributed by atoms with Gasteiger partial charge in [-0.15, -0.1) is 15.3 Å². The van der Waals surface area contributed by atoms with Gasteiger partial charge in [-0.3, -0.25) is 4.79 Å². The minimum absolute atomic E-state index is 0.173. The quantitative estimate of drug-likeness (QED) is 0.748. The van der Waals surface area contributed by atoms with Gasteiger partial charge in [0.15, 0.2) is 11.5 Å². The molecule has 7 nitrogen and oxygen atoms in total. The van der Waals surface area contributed by atoms with Crippen LogP contribution in [0.4, 0.5) is 5.82 Å². The molecule has 0 radical (unpaired) electrons. The number of hydrogen-bond donors (Lipinski definition) is 1. The molecule has 1 aliphatic carbocycles. The fraction of sp³-hybridized carbons (Fsp3) is 0.400. The van der Waals surface area contributed by atoms with Crippen molar-refractivity contribution in [2.75, 3.05) is 24.5 Å². The molecule has 3 aromatic rings. The van der Waals surface area contributed by atoms with Crippen molar-refractivity contribution in [1.82, 2.24) is 25.1 Å². The maximum absolute atomic E-state index is 12.7. The Balaban J connectivity index is 1.17. The van der Waals surface area contributed by atoms with Crippen molar-refractivity contribution < 1.29 is 4.79 Å². The molecular weight excluding hydrogens is 340 g/mol. The number of amides is 1. The lowest BCUT2D eigenvalue weighted by Crippen LogP contribution is -2.52. The molecule has 0 bridgehead atoms. The SMILES string of the molecule is Cc1nnc2ccc(N3CC(CNC(=O)C4(c5ccccc5)CC4)C3)nn12. The lowest BCUT2D eigenvalue weighted by Gasteiger charge is -2.40. The maximum Gasteiger partial charge on any atom is 0.230 e. The molecule has 27 heavy (non-hydrogen) atoms. The third-order valence-electron chi connectivity index (χ3n) is 5.75. The second kappa shape index (κ2) is 6.04. The number of nitrogens with one attached hydrogen (secondary N) is 1. The van der Waals surface area contributed by atoms with Crippen LogP contribution in [-0.4, -0.2) is 45.4 Å². The molecule has 7 heteroatoms. The summed E-state index contributed by atoms with van der Waals surface area (Å²) in [7, 11) is 0. The standard InChI is InChI=1S/C20H22N6O/c1-14-22-23-17-7-8-18(24-26(14)17)25-12-15(13-25)11-21-19(27)20(9-10-20)16-5-3-2-4-6-16/h2-8,15H,9-13H2,1H3,(H,21,27). The molecule has 0 atom stereocenters. The molecule has 138 valence electrons. The minimum atomic E-state index is -0.288. The molecule has 1 saturated heterocycles. The van der Waals surface area contributed by atoms with E-state index in [1.54, 1.807) is 4.52 Å². The average molecular weight is 362 g/mol. The van der Waals surface area contributed by atoms with Crippen LogP contribution >= 0.6 is 0 Å². The summed E-state index contributed by atoms with van der Waals surface area (Å²) in [5, 5.41) is 15.9. The first-order chi connectivity index (χ1) is 13.2. The van der Waals surface area contributed by atoms with Gasteiger partial charge in [0.1, 0.15) is 5.82 Å². The summed E-state index contributed by atoms with van der Waals surface area (Å²) in [5.41, 5.74) is 1.61. The number of aromatic nitrogens is 4. The molecule has 2 aliphatic rings. The van der Waals surface area contributed by atoms with E-state index in [2.05, 4.69) is 37.6 Å². The van der Waals surface area contributed by atoms with Crippen LogP contribution in [0.2, 0.25) is 0 Å². The van der Waals surface area contributed by atoms with Crippen LogP contribution in [0.1, 0.15) is 24.2 Å². The van der Waals surface area contributed by atoms with Crippen LogP contribution < -0.4 is 10.2 Å². The van der Waals surface area contributed by atoms with Crippen molar-refractivity contribution in [2.45, 2.75) is 25.2 Å². The Bertz CT molecular complexity index is 988. The predicted molar refractivity (Wildman–Crippen MR) is 102 cm³/mol. The Morgan fingerprint density at radius 1 is 1.15 bits per heavy atom. The van der Waals surface area contributed by atoms with Gasteiger partial charge in [-0.25, -0.2) is 0 Å². The molecule has 1 N–H and O–H groups in total. The van der Waals surface area contributed by atoms with E-state index in [-0.39, 0.29) is 11.3 Å². The van der Waals surface area contributed by atoms with Gasteiger partial charge in [-0.1, -0.05) is 30.3 Å². The third kappa shape index (κ3) is 2.74. The van der Waals surface area contributed by atoms with Gasteiger partial charge in [0, 0.05) is 25.6 Å². The van der Waals surface area contributed by atoms with Crippen molar-refractivity contribution in [3.63, 3.8) is 0 Å². The van der Waals surface area contributed by atoms with Crippen LogP contribution in [0.25, 0.3) is 5.65 Å². The molecular formula is C20H22N6O. The molecule has 0 unspecified atom stereocenters. The van der Waals surface area contributed by atoms with Crippen LogP contribution in [0.5, 0.6) is 0 Å². The van der Waals surface area contributed by atoms with Crippen LogP contribution in [0.3, 0.4) is 0 Å². The van der Waals surface area contributed by atoms with E-state index in [4.69, 9.17) is 0 Å². The number of benzene rings is 1. The Labute approximate surface area is 157 Å². The van der Waals surface area contributed by atoms with E-state index < -0.39 is 0 Å². The first kappa shape index (κ1) is 16.2. The molecule has 2 fully saturated rings. The van der Waals surface area contributed by atoms with Gasteiger partial charge in [-0.2, -0.15) is 4.52 Å². The molecule has 0 spiro atoms. The largest absolute Gasteiger partial charge is 0.355 e. The fourth-order valence-electron chi connectivity index (χ4n) is 3.88. The first-order valence-electron chi connectivity index (χ1n) is 9.43. The predicted octanol–water partition coefficient (Wildman–Crippen LogP) is 1.72. The normalized spacial score (nSPS) is 18.3. The summed E-state index contributed by atoms with van der Waals surface area (Å²) >= 11 is 0. The third-order valence-corrected chi connectivity index (χ3v) is 5.75. The number of rotatable bonds is 5. The van der Waals surface area contributed by atoms with Gasteiger partial charge < -0.3 is 10.2 Å². The molecule has 3 heterocycles. The van der Waals surface area contributed by atoms with Gasteiger partial charge in [-0.05, 0) is 37.5 Å². The van der Waals surface area contributed by atoms with Crippen molar-refractivity contribution in [3.05, 3.63) is 53.9 Å². The summed E-state index contributed by atoms with van der Waals surface area (Å²) in [6, 6.07) is 14.1. The first-order valence-corrected chi connectivity index (χ1v) is 9.43. The van der Waals surface area contributed by atoms with E-state index in [0.29, 0.717) is 5.92 Å². The van der Waals surface area contributed by atoms with E-state index in [0.717, 1.165) is 55.3 Å². The van der Waals surface area contributed by atoms with E-state index in [1.165, 1.54) is 0 Å². The van der Waals surface area contributed by atoms with Gasteiger partial charge in [0.25, 0.3) is 0 Å². The van der Waals surface area contributed by atoms with Crippen molar-refractivity contribution >= 4 is 17.4 Å². The van der Waals surface area contributed by atoms with Crippen LogP contribution in [-0.2, 0) is 10.2 Å². The number of carbonyl (C=O) groups is 1. The molecule has 1 aliphatic heterocycles. The second-order valence-corrected chi connectivity index (χ2v) is 7.64. The molecule has 1 amide bonds. The zero-order valence-electron chi connectivity index (χ0n) is 15.3. The number of nitrogens with zero attached hydrogens (tertiary/aromatic N) is 5. The van der Waals surface area contributed by atoms with Crippen LogP contribution in [0, 0.1) is 12.8 Å². The minimum Gasteiger partial charge on any atom is -0.355 e. The highest BCUT2D eigenvalue weighted by atomic mass is 16.2. The molecule has 5 rings (SSSR count). The van der Waals surface area contributed by atoms with E-state index >= 15 is 0 Å². The zero-order chi connectivity index (χ0) is 18.4. The monoisotopic (exact) mass is 362 g/mol. The molecule has 1 saturated carbocycles. The average Bonchev–Trinajstić information content (AvgIpc) is 3.40. The Hall–Kier alpha value is -2.96. The summed E-state index contributed by atoms with van der Waals surface area (Å²) in [6.45, 7) is 4.42. The number of aryl methyl sites for hydroxylation is 1. The van der Waals surface area contributed by atoms with Gasteiger partial charge in [0.2, 0.25) is 5.91 Å². The second-order valence-electron chi connectivity index (χ2n) is 7.64. The number of carbonyl (C=O) groups excluding carboxylic acids is 1. The van der Waals surface area contributed by atoms with E-state index in [1.807, 2.05) is 37.3 Å². The summed E-state index contributed by atoms with van der Waals surface area (Å²) in [6.07, 6.45) is 1.89. The van der Waals surface area contributed by atoms with Gasteiger partial charge in [0.05, 0.1) is 5.41 Å². The highest BCUT2D eigenvalue weighted by Gasteiger charge is 2.51. The van der Waals surface area contributed by atoms with Crippen molar-refractivity contribution in [3.8, 4) is 0 Å². The Morgan fingerprint density at radius 3 is 2.67 bits per heavy atom. The Kier molecular flexibility index (Phi) is 3.63. The van der Waals surface area contributed by atoms with Gasteiger partial charge >= 0.3 is 0 Å². The lowest BCUT2D eigenvalue weighted by molar-refractivity contribution is -0.123. The number of anilines is 1. The highest BCUT2D eigenvalue weighted by molar-refractivity contribution is 5.91. The Morgan fingerprint density at radius 2 is 1.93 bits per heavy atom. The summed E-state index contributed by atoms with van der Waals surface area (Å²) < 4.78 is 1.77. The number of hydrogen-bond acceptors (Lipinski definition) is 5. The van der Waals surface area contributed by atoms with Crippen molar-refractivity contribution in [2.24, 2.45) is 5.92 Å². The topological polar surface area (TPSA) is 75.4 Å². The maximum atomic E-state index is 12.7. The number of fused-ring (bicyclic) bond motifs is 1. The smallest absolute Gasteiger partial charge is 0.230 e. The van der Waals surface area contributed by atoms with Crippen LogP contribution in [0.15, 0.2) is 42.5 Å². The lowest BCUT2D eigenvalue weighted by atomic mass is 9.94. The fourth-order valence-corrected chi connectivity index (χ4v) is 3.88.